The zero-order chi connectivity index (χ0) is 25.8. The van der Waals surface area contributed by atoms with Crippen LogP contribution in [0.5, 0.6) is 0 Å². The summed E-state index contributed by atoms with van der Waals surface area (Å²) in [5.41, 5.74) is 0. The number of rotatable bonds is 25. The van der Waals surface area contributed by atoms with Crippen LogP contribution < -0.4 is 0 Å². The molecule has 0 bridgehead atoms. The van der Waals surface area contributed by atoms with Gasteiger partial charge in [0.25, 0.3) is 0 Å². The molecule has 0 N–H and O–H groups in total. The molecule has 0 saturated heterocycles. The van der Waals surface area contributed by atoms with E-state index in [0.717, 1.165) is 30.8 Å². The SMILES string of the molecule is CCCCCCCCCCCC[N+](C)(CCO[Si](CC)(CC)CC)CCO[Si](CC)(CC)CC. The third-order valence-electron chi connectivity index (χ3n) is 9.00. The van der Waals surface area contributed by atoms with E-state index in [2.05, 4.69) is 55.5 Å². The zero-order valence-electron chi connectivity index (χ0n) is 25.1. The van der Waals surface area contributed by atoms with Crippen LogP contribution in [0.4, 0.5) is 0 Å². The van der Waals surface area contributed by atoms with Gasteiger partial charge in [-0.05, 0) is 49.1 Å². The lowest BCUT2D eigenvalue weighted by Gasteiger charge is -2.38. The van der Waals surface area contributed by atoms with E-state index in [9.17, 15) is 0 Å². The summed E-state index contributed by atoms with van der Waals surface area (Å²) in [7, 11) is -0.518. The Bertz CT molecular complexity index is 411. The monoisotopic (exact) mass is 516 g/mol. The van der Waals surface area contributed by atoms with E-state index in [1.54, 1.807) is 0 Å². The number of unbranched alkanes of at least 4 members (excludes halogenated alkanes) is 9. The summed E-state index contributed by atoms with van der Waals surface area (Å²) in [5.74, 6) is 0. The van der Waals surface area contributed by atoms with Crippen molar-refractivity contribution in [3.63, 3.8) is 0 Å². The van der Waals surface area contributed by atoms with Crippen molar-refractivity contribution in [2.75, 3.05) is 39.9 Å². The van der Waals surface area contributed by atoms with E-state index < -0.39 is 16.6 Å². The summed E-state index contributed by atoms with van der Waals surface area (Å²) < 4.78 is 14.5. The van der Waals surface area contributed by atoms with Crippen LogP contribution in [0.2, 0.25) is 36.3 Å². The molecule has 0 spiro atoms. The van der Waals surface area contributed by atoms with Crippen LogP contribution in [0.15, 0.2) is 0 Å². The molecule has 0 aromatic carbocycles. The molecule has 0 fully saturated rings. The van der Waals surface area contributed by atoms with Crippen molar-refractivity contribution < 1.29 is 13.3 Å². The Morgan fingerprint density at radius 3 is 1.09 bits per heavy atom. The minimum atomic E-state index is -1.50. The number of hydrogen-bond acceptors (Lipinski definition) is 2. The van der Waals surface area contributed by atoms with E-state index in [1.807, 2.05) is 0 Å². The molecule has 0 atom stereocenters. The Labute approximate surface area is 218 Å². The first kappa shape index (κ1) is 34.3. The van der Waals surface area contributed by atoms with Crippen molar-refractivity contribution in [2.24, 2.45) is 0 Å². The Kier molecular flexibility index (Phi) is 20.6. The first-order chi connectivity index (χ1) is 16.3. The van der Waals surface area contributed by atoms with Crippen LogP contribution >= 0.6 is 0 Å². The lowest BCUT2D eigenvalue weighted by atomic mass is 10.1. The molecule has 34 heavy (non-hydrogen) atoms. The fourth-order valence-corrected chi connectivity index (χ4v) is 10.7. The van der Waals surface area contributed by atoms with Gasteiger partial charge in [-0.1, -0.05) is 99.8 Å². The van der Waals surface area contributed by atoms with Gasteiger partial charge in [-0.3, -0.25) is 0 Å². The second-order valence-corrected chi connectivity index (χ2v) is 20.7. The van der Waals surface area contributed by atoms with E-state index in [4.69, 9.17) is 8.85 Å². The average Bonchev–Trinajstić information content (AvgIpc) is 2.86. The molecule has 0 aromatic rings. The number of likely N-dealkylation sites (N-methyl/N-ethyl adjacent to an activating group) is 1. The molecule has 0 radical (unpaired) electrons. The third kappa shape index (κ3) is 14.2. The molecule has 0 unspecified atom stereocenters. The lowest BCUT2D eigenvalue weighted by molar-refractivity contribution is -0.910. The first-order valence-electron chi connectivity index (χ1n) is 15.5. The van der Waals surface area contributed by atoms with Gasteiger partial charge in [0.2, 0.25) is 0 Å². The summed E-state index contributed by atoms with van der Waals surface area (Å²) >= 11 is 0. The van der Waals surface area contributed by atoms with Crippen molar-refractivity contribution in [1.82, 2.24) is 0 Å². The summed E-state index contributed by atoms with van der Waals surface area (Å²) in [5, 5.41) is 0. The van der Waals surface area contributed by atoms with Crippen LogP contribution in [0.1, 0.15) is 113 Å². The van der Waals surface area contributed by atoms with Gasteiger partial charge in [0.1, 0.15) is 13.1 Å². The topological polar surface area (TPSA) is 18.5 Å². The van der Waals surface area contributed by atoms with Gasteiger partial charge in [-0.15, -0.1) is 0 Å². The Morgan fingerprint density at radius 1 is 0.441 bits per heavy atom. The predicted molar refractivity (Wildman–Crippen MR) is 159 cm³/mol. The van der Waals surface area contributed by atoms with Crippen molar-refractivity contribution in [2.45, 2.75) is 149 Å². The minimum absolute atomic E-state index is 0.938. The second-order valence-electron chi connectivity index (χ2n) is 11.2. The maximum Gasteiger partial charge on any atom is 0.192 e. The third-order valence-corrected chi connectivity index (χ3v) is 18.4. The normalized spacial score (nSPS) is 13.1. The number of nitrogens with zero attached hydrogens (tertiary/aromatic N) is 1. The van der Waals surface area contributed by atoms with Gasteiger partial charge in [-0.2, -0.15) is 0 Å². The molecular formula is C29H66NO2Si2+. The molecule has 0 heterocycles. The maximum atomic E-state index is 6.67. The van der Waals surface area contributed by atoms with Gasteiger partial charge in [0.05, 0.1) is 26.8 Å². The second kappa shape index (κ2) is 20.4. The smallest absolute Gasteiger partial charge is 0.192 e. The fourth-order valence-electron chi connectivity index (χ4n) is 5.39. The molecule has 206 valence electrons. The molecule has 0 saturated carbocycles. The highest BCUT2D eigenvalue weighted by Crippen LogP contribution is 2.23. The van der Waals surface area contributed by atoms with Crippen LogP contribution in [-0.2, 0) is 8.85 Å². The van der Waals surface area contributed by atoms with Crippen molar-refractivity contribution in [3.8, 4) is 0 Å². The molecule has 0 aromatic heterocycles. The zero-order valence-corrected chi connectivity index (χ0v) is 27.1. The van der Waals surface area contributed by atoms with Crippen LogP contribution in [-0.4, -0.2) is 61.0 Å². The van der Waals surface area contributed by atoms with Crippen LogP contribution in [0.3, 0.4) is 0 Å². The predicted octanol–water partition coefficient (Wildman–Crippen LogP) is 9.40. The summed E-state index contributed by atoms with van der Waals surface area (Å²) in [6.07, 6.45) is 14.1. The van der Waals surface area contributed by atoms with Crippen LogP contribution in [0.25, 0.3) is 0 Å². The molecule has 0 aliphatic rings. The maximum absolute atomic E-state index is 6.67. The van der Waals surface area contributed by atoms with E-state index >= 15 is 0 Å². The van der Waals surface area contributed by atoms with E-state index in [-0.39, 0.29) is 0 Å². The molecule has 0 amide bonds. The number of hydrogen-bond donors (Lipinski definition) is 0. The van der Waals surface area contributed by atoms with Crippen molar-refractivity contribution in [1.29, 1.82) is 0 Å². The summed E-state index contributed by atoms with van der Waals surface area (Å²) in [4.78, 5) is 0. The first-order valence-corrected chi connectivity index (χ1v) is 20.5. The summed E-state index contributed by atoms with van der Waals surface area (Å²) in [6.45, 7) is 21.8. The van der Waals surface area contributed by atoms with Gasteiger partial charge in [-0.25, -0.2) is 0 Å². The Morgan fingerprint density at radius 2 is 0.765 bits per heavy atom. The lowest BCUT2D eigenvalue weighted by Crippen LogP contribution is -2.51. The Balaban J connectivity index is 4.65. The molecule has 3 nitrogen and oxygen atoms in total. The molecule has 0 aliphatic heterocycles. The fraction of sp³-hybridized carbons (Fsp3) is 1.00. The highest BCUT2D eigenvalue weighted by molar-refractivity contribution is 6.73. The summed E-state index contributed by atoms with van der Waals surface area (Å²) in [6, 6.07) is 7.52. The van der Waals surface area contributed by atoms with Gasteiger partial charge >= 0.3 is 0 Å². The average molecular weight is 517 g/mol. The van der Waals surface area contributed by atoms with Crippen molar-refractivity contribution in [3.05, 3.63) is 0 Å². The molecule has 5 heteroatoms. The van der Waals surface area contributed by atoms with E-state index in [0.29, 0.717) is 0 Å². The Hall–Kier alpha value is 0.314. The van der Waals surface area contributed by atoms with Gasteiger partial charge in [0.15, 0.2) is 16.6 Å². The minimum Gasteiger partial charge on any atom is -0.411 e. The van der Waals surface area contributed by atoms with Gasteiger partial charge in [0, 0.05) is 0 Å². The van der Waals surface area contributed by atoms with Crippen molar-refractivity contribution >= 4 is 16.6 Å². The largest absolute Gasteiger partial charge is 0.411 e. The van der Waals surface area contributed by atoms with Gasteiger partial charge < -0.3 is 13.3 Å². The molecular weight excluding hydrogens is 450 g/mol. The highest BCUT2D eigenvalue weighted by Gasteiger charge is 2.32. The molecule has 0 rings (SSSR count). The van der Waals surface area contributed by atoms with E-state index in [1.165, 1.54) is 107 Å². The van der Waals surface area contributed by atoms with Crippen LogP contribution in [0, 0.1) is 0 Å². The molecule has 0 aliphatic carbocycles. The standard InChI is InChI=1S/C29H66NO2Si2/c1-9-16-17-18-19-20-21-22-23-24-25-30(8,26-28-31-33(10-2,11-3)12-4)27-29-32-34(13-5,14-6)15-7/h9-29H2,1-8H3/q+1. The highest BCUT2D eigenvalue weighted by atomic mass is 28.4. The quantitative estimate of drug-likeness (QED) is 0.0683. The number of quaternary nitrogens is 1.